The second-order valence-corrected chi connectivity index (χ2v) is 6.44. The minimum absolute atomic E-state index is 0.248. The number of nitrogens with one attached hydrogen (secondary N) is 1. The van der Waals surface area contributed by atoms with Gasteiger partial charge in [-0.1, -0.05) is 35.9 Å². The molecule has 2 aromatic carbocycles. The normalized spacial score (nSPS) is 17.7. The Bertz CT molecular complexity index is 638. The number of aliphatic hydroxyl groups is 1. The van der Waals surface area contributed by atoms with Crippen molar-refractivity contribution in [3.8, 4) is 5.75 Å². The van der Waals surface area contributed by atoms with E-state index in [2.05, 4.69) is 5.32 Å². The molecular formula is C17H20ClNO2. The van der Waals surface area contributed by atoms with Gasteiger partial charge in [0.1, 0.15) is 18.0 Å². The molecule has 21 heavy (non-hydrogen) atoms. The summed E-state index contributed by atoms with van der Waals surface area (Å²) in [5, 5.41) is 16.3. The van der Waals surface area contributed by atoms with Crippen LogP contribution in [0.15, 0.2) is 36.4 Å². The maximum absolute atomic E-state index is 10.4. The second-order valence-electron chi connectivity index (χ2n) is 6.03. The van der Waals surface area contributed by atoms with E-state index >= 15 is 0 Å². The van der Waals surface area contributed by atoms with Crippen molar-refractivity contribution in [2.24, 2.45) is 0 Å². The summed E-state index contributed by atoms with van der Waals surface area (Å²) in [7, 11) is 0. The van der Waals surface area contributed by atoms with Crippen molar-refractivity contribution in [3.05, 3.63) is 41.4 Å². The van der Waals surface area contributed by atoms with Crippen molar-refractivity contribution < 1.29 is 9.84 Å². The van der Waals surface area contributed by atoms with Crippen LogP contribution in [0.2, 0.25) is 5.02 Å². The highest BCUT2D eigenvalue weighted by atomic mass is 35.5. The monoisotopic (exact) mass is 305 g/mol. The van der Waals surface area contributed by atoms with E-state index in [0.717, 1.165) is 16.5 Å². The summed E-state index contributed by atoms with van der Waals surface area (Å²) in [6, 6.07) is 12.1. The van der Waals surface area contributed by atoms with Gasteiger partial charge in [0, 0.05) is 28.4 Å². The molecule has 3 rings (SSSR count). The third-order valence-corrected chi connectivity index (χ3v) is 4.05. The molecule has 1 fully saturated rings. The summed E-state index contributed by atoms with van der Waals surface area (Å²) in [5.41, 5.74) is -0.886. The van der Waals surface area contributed by atoms with Crippen LogP contribution in [0.3, 0.4) is 0 Å². The van der Waals surface area contributed by atoms with Gasteiger partial charge < -0.3 is 15.2 Å². The summed E-state index contributed by atoms with van der Waals surface area (Å²) in [6.07, 6.45) is 2.41. The lowest BCUT2D eigenvalue weighted by molar-refractivity contribution is 0.0125. The highest BCUT2D eigenvalue weighted by Gasteiger charge is 2.27. The molecule has 2 aromatic rings. The van der Waals surface area contributed by atoms with Crippen LogP contribution in [0, 0.1) is 0 Å². The number of benzene rings is 2. The Labute approximate surface area is 129 Å². The molecule has 0 amide bonds. The molecule has 0 bridgehead atoms. The molecule has 0 saturated heterocycles. The number of hydrogen-bond donors (Lipinski definition) is 2. The molecule has 1 atom stereocenters. The largest absolute Gasteiger partial charge is 0.490 e. The average molecular weight is 306 g/mol. The number of hydrogen-bond acceptors (Lipinski definition) is 3. The van der Waals surface area contributed by atoms with Crippen molar-refractivity contribution in [2.75, 3.05) is 13.2 Å². The van der Waals surface area contributed by atoms with Crippen molar-refractivity contribution in [1.82, 2.24) is 5.32 Å². The maximum atomic E-state index is 10.4. The molecule has 0 spiro atoms. The van der Waals surface area contributed by atoms with Crippen LogP contribution in [0.4, 0.5) is 0 Å². The molecule has 1 saturated carbocycles. The van der Waals surface area contributed by atoms with Crippen molar-refractivity contribution in [3.63, 3.8) is 0 Å². The molecule has 1 unspecified atom stereocenters. The van der Waals surface area contributed by atoms with Crippen LogP contribution in [0.1, 0.15) is 19.8 Å². The van der Waals surface area contributed by atoms with Crippen molar-refractivity contribution in [1.29, 1.82) is 0 Å². The lowest BCUT2D eigenvalue weighted by Gasteiger charge is -2.24. The predicted molar refractivity (Wildman–Crippen MR) is 86.1 cm³/mol. The van der Waals surface area contributed by atoms with Crippen LogP contribution in [-0.2, 0) is 0 Å². The van der Waals surface area contributed by atoms with Gasteiger partial charge in [-0.2, -0.15) is 0 Å². The summed E-state index contributed by atoms with van der Waals surface area (Å²) >= 11 is 6.20. The molecule has 0 radical (unpaired) electrons. The zero-order chi connectivity index (χ0) is 14.9. The third kappa shape index (κ3) is 3.67. The molecule has 0 aliphatic heterocycles. The predicted octanol–water partition coefficient (Wildman–Crippen LogP) is 3.38. The smallest absolute Gasteiger partial charge is 0.127 e. The molecular weight excluding hydrogens is 286 g/mol. The molecule has 112 valence electrons. The number of fused-ring (bicyclic) bond motifs is 1. The van der Waals surface area contributed by atoms with E-state index in [-0.39, 0.29) is 6.61 Å². The van der Waals surface area contributed by atoms with Crippen LogP contribution in [-0.4, -0.2) is 29.9 Å². The number of rotatable bonds is 6. The zero-order valence-corrected chi connectivity index (χ0v) is 12.9. The fourth-order valence-electron chi connectivity index (χ4n) is 2.30. The van der Waals surface area contributed by atoms with Gasteiger partial charge >= 0.3 is 0 Å². The van der Waals surface area contributed by atoms with E-state index in [9.17, 15) is 5.11 Å². The Balaban J connectivity index is 1.71. The first kappa shape index (κ1) is 14.6. The first-order valence-electron chi connectivity index (χ1n) is 7.31. The lowest BCUT2D eigenvalue weighted by atomic mass is 10.1. The highest BCUT2D eigenvalue weighted by molar-refractivity contribution is 6.35. The van der Waals surface area contributed by atoms with Gasteiger partial charge in [0.25, 0.3) is 0 Å². The lowest BCUT2D eigenvalue weighted by Crippen LogP contribution is -2.43. The van der Waals surface area contributed by atoms with Crippen molar-refractivity contribution >= 4 is 22.4 Å². The SMILES string of the molecule is CC(O)(CNC1CC1)COc1ccc(Cl)c2ccccc12. The van der Waals surface area contributed by atoms with E-state index < -0.39 is 5.60 Å². The summed E-state index contributed by atoms with van der Waals surface area (Å²) < 4.78 is 5.84. The van der Waals surface area contributed by atoms with E-state index in [1.54, 1.807) is 6.92 Å². The van der Waals surface area contributed by atoms with E-state index in [0.29, 0.717) is 17.6 Å². The molecule has 4 heteroatoms. The highest BCUT2D eigenvalue weighted by Crippen LogP contribution is 2.31. The first-order chi connectivity index (χ1) is 10.1. The number of halogens is 1. The Kier molecular flexibility index (Phi) is 4.07. The quantitative estimate of drug-likeness (QED) is 0.860. The van der Waals surface area contributed by atoms with Gasteiger partial charge in [-0.05, 0) is 31.9 Å². The van der Waals surface area contributed by atoms with Crippen LogP contribution in [0.25, 0.3) is 10.8 Å². The van der Waals surface area contributed by atoms with E-state index in [1.807, 2.05) is 36.4 Å². The van der Waals surface area contributed by atoms with Crippen LogP contribution in [0.5, 0.6) is 5.75 Å². The Morgan fingerprint density at radius 1 is 1.24 bits per heavy atom. The van der Waals surface area contributed by atoms with Gasteiger partial charge in [0.05, 0.1) is 0 Å². The van der Waals surface area contributed by atoms with Gasteiger partial charge in [0.2, 0.25) is 0 Å². The molecule has 1 aliphatic rings. The van der Waals surface area contributed by atoms with Gasteiger partial charge in [0.15, 0.2) is 0 Å². The molecule has 0 heterocycles. The standard InChI is InChI=1S/C17H20ClNO2/c1-17(20,10-19-12-6-7-12)11-21-16-9-8-15(18)13-4-2-3-5-14(13)16/h2-5,8-9,12,19-20H,6-7,10-11H2,1H3. The zero-order valence-electron chi connectivity index (χ0n) is 12.1. The summed E-state index contributed by atoms with van der Waals surface area (Å²) in [4.78, 5) is 0. The second kappa shape index (κ2) is 5.84. The topological polar surface area (TPSA) is 41.5 Å². The number of ether oxygens (including phenoxy) is 1. The van der Waals surface area contributed by atoms with Gasteiger partial charge in [-0.15, -0.1) is 0 Å². The fourth-order valence-corrected chi connectivity index (χ4v) is 2.52. The van der Waals surface area contributed by atoms with Crippen LogP contribution >= 0.6 is 11.6 Å². The first-order valence-corrected chi connectivity index (χ1v) is 7.69. The van der Waals surface area contributed by atoms with Gasteiger partial charge in [-0.3, -0.25) is 0 Å². The fraction of sp³-hybridized carbons (Fsp3) is 0.412. The Hall–Kier alpha value is -1.29. The summed E-state index contributed by atoms with van der Waals surface area (Å²) in [5.74, 6) is 0.752. The van der Waals surface area contributed by atoms with E-state index in [1.165, 1.54) is 12.8 Å². The van der Waals surface area contributed by atoms with Gasteiger partial charge in [-0.25, -0.2) is 0 Å². The minimum atomic E-state index is -0.886. The average Bonchev–Trinajstić information content (AvgIpc) is 3.29. The minimum Gasteiger partial charge on any atom is -0.490 e. The molecule has 3 nitrogen and oxygen atoms in total. The van der Waals surface area contributed by atoms with Crippen molar-refractivity contribution in [2.45, 2.75) is 31.4 Å². The Morgan fingerprint density at radius 2 is 1.95 bits per heavy atom. The van der Waals surface area contributed by atoms with E-state index in [4.69, 9.17) is 16.3 Å². The molecule has 0 aromatic heterocycles. The van der Waals surface area contributed by atoms with Crippen LogP contribution < -0.4 is 10.1 Å². The summed E-state index contributed by atoms with van der Waals surface area (Å²) in [6.45, 7) is 2.59. The third-order valence-electron chi connectivity index (χ3n) is 3.72. The Morgan fingerprint density at radius 3 is 2.67 bits per heavy atom. The maximum Gasteiger partial charge on any atom is 0.127 e. The molecule has 2 N–H and O–H groups in total. The molecule has 1 aliphatic carbocycles.